The molecule has 1 aliphatic rings. The summed E-state index contributed by atoms with van der Waals surface area (Å²) in [7, 11) is -6.00. The lowest BCUT2D eigenvalue weighted by Crippen LogP contribution is -2.33. The molecule has 24 heavy (non-hydrogen) atoms. The van der Waals surface area contributed by atoms with Crippen molar-refractivity contribution in [1.82, 2.24) is 10.0 Å². The van der Waals surface area contributed by atoms with Gasteiger partial charge in [-0.05, 0) is 56.5 Å². The smallest absolute Gasteiger partial charge is 0.244 e. The van der Waals surface area contributed by atoms with E-state index in [1.165, 1.54) is 19.2 Å². The van der Waals surface area contributed by atoms with Crippen molar-refractivity contribution in [2.75, 3.05) is 33.0 Å². The van der Waals surface area contributed by atoms with Gasteiger partial charge in [-0.2, -0.15) is 0 Å². The molecule has 2 rings (SSSR count). The number of methoxy groups -OCH3 is 1. The molecule has 1 heterocycles. The van der Waals surface area contributed by atoms with Crippen LogP contribution in [0.1, 0.15) is 19.3 Å². The van der Waals surface area contributed by atoms with Gasteiger partial charge in [-0.15, -0.1) is 0 Å². The van der Waals surface area contributed by atoms with Crippen LogP contribution in [0.2, 0.25) is 0 Å². The average Bonchev–Trinajstić information content (AvgIpc) is 2.54. The van der Waals surface area contributed by atoms with Gasteiger partial charge >= 0.3 is 0 Å². The van der Waals surface area contributed by atoms with E-state index >= 15 is 0 Å². The summed E-state index contributed by atoms with van der Waals surface area (Å²) < 4.78 is 56.0. The Morgan fingerprint density at radius 2 is 2.04 bits per heavy atom. The third-order valence-electron chi connectivity index (χ3n) is 4.10. The summed E-state index contributed by atoms with van der Waals surface area (Å²) in [4.78, 5) is -0.213. The van der Waals surface area contributed by atoms with Crippen LogP contribution in [0.4, 0.5) is 0 Å². The second-order valence-corrected chi connectivity index (χ2v) is 9.73. The summed E-state index contributed by atoms with van der Waals surface area (Å²) in [5, 5.41) is 3.29. The maximum absolute atomic E-state index is 12.5. The molecule has 0 aromatic heterocycles. The third kappa shape index (κ3) is 4.92. The topological polar surface area (TPSA) is 102 Å². The van der Waals surface area contributed by atoms with E-state index in [0.29, 0.717) is 12.5 Å². The molecule has 1 unspecified atom stereocenters. The van der Waals surface area contributed by atoms with Gasteiger partial charge in [-0.25, -0.2) is 21.6 Å². The molecule has 9 heteroatoms. The highest BCUT2D eigenvalue weighted by molar-refractivity contribution is 7.91. The molecule has 2 N–H and O–H groups in total. The fraction of sp³-hybridized carbons (Fsp3) is 0.600. The van der Waals surface area contributed by atoms with Crippen molar-refractivity contribution in [3.8, 4) is 5.75 Å². The number of sulfonamides is 1. The van der Waals surface area contributed by atoms with Crippen LogP contribution >= 0.6 is 0 Å². The van der Waals surface area contributed by atoms with E-state index in [2.05, 4.69) is 10.0 Å². The lowest BCUT2D eigenvalue weighted by molar-refractivity contribution is 0.358. The summed E-state index contributed by atoms with van der Waals surface area (Å²) in [6, 6.07) is 3.83. The van der Waals surface area contributed by atoms with E-state index < -0.39 is 19.9 Å². The first-order valence-corrected chi connectivity index (χ1v) is 11.2. The van der Waals surface area contributed by atoms with E-state index in [0.717, 1.165) is 44.7 Å². The molecule has 1 atom stereocenters. The summed E-state index contributed by atoms with van der Waals surface area (Å²) in [6.07, 6.45) is 3.96. The Morgan fingerprint density at radius 1 is 1.29 bits per heavy atom. The number of piperidine rings is 1. The predicted molar refractivity (Wildman–Crippen MR) is 91.5 cm³/mol. The Labute approximate surface area is 143 Å². The molecule has 1 aromatic carbocycles. The first-order valence-electron chi connectivity index (χ1n) is 7.82. The van der Waals surface area contributed by atoms with Crippen LogP contribution in [-0.4, -0.2) is 49.8 Å². The number of benzene rings is 1. The predicted octanol–water partition coefficient (Wildman–Crippen LogP) is 0.767. The van der Waals surface area contributed by atoms with Gasteiger partial charge in [0.05, 0.1) is 12.0 Å². The van der Waals surface area contributed by atoms with E-state index in [9.17, 15) is 16.8 Å². The molecule has 7 nitrogen and oxygen atoms in total. The minimum Gasteiger partial charge on any atom is -0.495 e. The van der Waals surface area contributed by atoms with Crippen molar-refractivity contribution in [2.45, 2.75) is 29.1 Å². The van der Waals surface area contributed by atoms with Gasteiger partial charge in [0.2, 0.25) is 10.0 Å². The van der Waals surface area contributed by atoms with Crippen LogP contribution in [0.25, 0.3) is 0 Å². The van der Waals surface area contributed by atoms with Gasteiger partial charge in [-0.1, -0.05) is 0 Å². The molecule has 136 valence electrons. The van der Waals surface area contributed by atoms with Gasteiger partial charge in [-0.3, -0.25) is 0 Å². The van der Waals surface area contributed by atoms with E-state index in [1.807, 2.05) is 0 Å². The molecule has 1 aromatic rings. The van der Waals surface area contributed by atoms with E-state index in [1.54, 1.807) is 0 Å². The highest BCUT2D eigenvalue weighted by atomic mass is 32.2. The lowest BCUT2D eigenvalue weighted by Gasteiger charge is -2.22. The monoisotopic (exact) mass is 376 g/mol. The molecule has 1 fully saturated rings. The highest BCUT2D eigenvalue weighted by Crippen LogP contribution is 2.27. The van der Waals surface area contributed by atoms with Crippen molar-refractivity contribution in [2.24, 2.45) is 5.92 Å². The Hall–Kier alpha value is -1.16. The van der Waals surface area contributed by atoms with E-state index in [4.69, 9.17) is 4.74 Å². The third-order valence-corrected chi connectivity index (χ3v) is 6.69. The molecule has 0 bridgehead atoms. The maximum Gasteiger partial charge on any atom is 0.244 e. The Kier molecular flexibility index (Phi) is 6.24. The van der Waals surface area contributed by atoms with Crippen molar-refractivity contribution in [3.05, 3.63) is 18.2 Å². The van der Waals surface area contributed by atoms with Crippen LogP contribution in [0.15, 0.2) is 28.0 Å². The fourth-order valence-corrected chi connectivity index (χ4v) is 4.71. The van der Waals surface area contributed by atoms with Gasteiger partial charge in [0.1, 0.15) is 10.6 Å². The first-order chi connectivity index (χ1) is 11.2. The molecule has 0 spiro atoms. The van der Waals surface area contributed by atoms with Crippen LogP contribution < -0.4 is 14.8 Å². The van der Waals surface area contributed by atoms with Crippen molar-refractivity contribution in [1.29, 1.82) is 0 Å². The van der Waals surface area contributed by atoms with Crippen molar-refractivity contribution in [3.63, 3.8) is 0 Å². The second-order valence-electron chi connectivity index (χ2n) is 5.98. The normalized spacial score (nSPS) is 19.2. The molecular weight excluding hydrogens is 352 g/mol. The maximum atomic E-state index is 12.5. The van der Waals surface area contributed by atoms with Gasteiger partial charge in [0.25, 0.3) is 0 Å². The van der Waals surface area contributed by atoms with Crippen LogP contribution in [0.3, 0.4) is 0 Å². The largest absolute Gasteiger partial charge is 0.495 e. The highest BCUT2D eigenvalue weighted by Gasteiger charge is 2.23. The fourth-order valence-electron chi connectivity index (χ4n) is 2.74. The number of ether oxygens (including phenoxy) is 1. The standard InChI is InChI=1S/C15H24N2O5S2/c1-22-14-6-5-13(23(2,18)19)10-15(14)24(20,21)17-9-7-12-4-3-8-16-11-12/h5-6,10,12,16-17H,3-4,7-9,11H2,1-2H3. The minimum absolute atomic E-state index is 0.0554. The SMILES string of the molecule is COc1ccc(S(C)(=O)=O)cc1S(=O)(=O)NCCC1CCCNC1. The Bertz CT molecular complexity index is 769. The summed E-state index contributed by atoms with van der Waals surface area (Å²) in [5.74, 6) is 0.569. The van der Waals surface area contributed by atoms with E-state index in [-0.39, 0.29) is 15.5 Å². The van der Waals surface area contributed by atoms with Crippen LogP contribution in [-0.2, 0) is 19.9 Å². The molecule has 0 saturated carbocycles. The summed E-state index contributed by atoms with van der Waals surface area (Å²) >= 11 is 0. The molecule has 0 aliphatic carbocycles. The van der Waals surface area contributed by atoms with Crippen molar-refractivity contribution >= 4 is 19.9 Å². The number of hydrogen-bond acceptors (Lipinski definition) is 6. The molecule has 0 amide bonds. The number of nitrogens with one attached hydrogen (secondary N) is 2. The zero-order chi connectivity index (χ0) is 17.8. The molecular formula is C15H24N2O5S2. The summed E-state index contributed by atoms with van der Waals surface area (Å²) in [6.45, 7) is 2.22. The zero-order valence-electron chi connectivity index (χ0n) is 13.9. The van der Waals surface area contributed by atoms with Gasteiger partial charge < -0.3 is 10.1 Å². The lowest BCUT2D eigenvalue weighted by atomic mass is 9.96. The number of sulfone groups is 1. The van der Waals surface area contributed by atoms with Gasteiger partial charge in [0.15, 0.2) is 9.84 Å². The first kappa shape index (κ1) is 19.2. The number of hydrogen-bond donors (Lipinski definition) is 2. The quantitative estimate of drug-likeness (QED) is 0.729. The molecule has 1 saturated heterocycles. The second kappa shape index (κ2) is 7.81. The Balaban J connectivity index is 2.14. The average molecular weight is 377 g/mol. The van der Waals surface area contributed by atoms with Crippen molar-refractivity contribution < 1.29 is 21.6 Å². The Morgan fingerprint density at radius 3 is 2.62 bits per heavy atom. The summed E-state index contributed by atoms with van der Waals surface area (Å²) in [5.41, 5.74) is 0. The minimum atomic E-state index is -3.85. The van der Waals surface area contributed by atoms with Crippen LogP contribution in [0, 0.1) is 5.92 Å². The molecule has 1 aliphatic heterocycles. The zero-order valence-corrected chi connectivity index (χ0v) is 15.5. The number of rotatable bonds is 7. The van der Waals surface area contributed by atoms with Gasteiger partial charge in [0, 0.05) is 12.8 Å². The molecule has 0 radical (unpaired) electrons. The van der Waals surface area contributed by atoms with Crippen LogP contribution in [0.5, 0.6) is 5.75 Å².